The molecule has 0 heterocycles. The number of nitrogens with one attached hydrogen (secondary N) is 1. The molecule has 0 aromatic heterocycles. The average Bonchev–Trinajstić information content (AvgIpc) is 2.43. The van der Waals surface area contributed by atoms with Gasteiger partial charge in [-0.25, -0.2) is 4.79 Å². The number of benzene rings is 1. The molecule has 0 radical (unpaired) electrons. The molecule has 122 valence electrons. The van der Waals surface area contributed by atoms with E-state index in [-0.39, 0.29) is 18.1 Å². The maximum atomic E-state index is 12.6. The Bertz CT molecular complexity index is 541. The zero-order chi connectivity index (χ0) is 16.9. The van der Waals surface area contributed by atoms with Crippen molar-refractivity contribution >= 4 is 11.9 Å². The summed E-state index contributed by atoms with van der Waals surface area (Å²) in [6.07, 6.45) is -4.53. The van der Waals surface area contributed by atoms with Gasteiger partial charge in [0, 0.05) is 5.56 Å². The number of hydrogen-bond donors (Lipinski definition) is 1. The SMILES string of the molecule is CCOC(=O)C(NC(=O)c1cccc(C(F)(F)F)c1)C(C)C. The highest BCUT2D eigenvalue weighted by atomic mass is 19.4. The number of esters is 1. The standard InChI is InChI=1S/C15H18F3NO3/c1-4-22-14(21)12(9(2)3)19-13(20)10-6-5-7-11(8-10)15(16,17)18/h5-9,12H,4H2,1-3H3,(H,19,20). The fourth-order valence-corrected chi connectivity index (χ4v) is 1.79. The van der Waals surface area contributed by atoms with Gasteiger partial charge in [-0.15, -0.1) is 0 Å². The van der Waals surface area contributed by atoms with Crippen LogP contribution >= 0.6 is 0 Å². The van der Waals surface area contributed by atoms with Gasteiger partial charge in [0.1, 0.15) is 6.04 Å². The second-order valence-electron chi connectivity index (χ2n) is 5.03. The summed E-state index contributed by atoms with van der Waals surface area (Å²) in [7, 11) is 0. The van der Waals surface area contributed by atoms with Crippen LogP contribution in [0.1, 0.15) is 36.7 Å². The molecule has 0 aliphatic rings. The highest BCUT2D eigenvalue weighted by Gasteiger charge is 2.31. The third-order valence-electron chi connectivity index (χ3n) is 2.95. The van der Waals surface area contributed by atoms with Crippen LogP contribution in [0.5, 0.6) is 0 Å². The minimum Gasteiger partial charge on any atom is -0.464 e. The number of rotatable bonds is 5. The van der Waals surface area contributed by atoms with Gasteiger partial charge in [-0.05, 0) is 31.0 Å². The fourth-order valence-electron chi connectivity index (χ4n) is 1.79. The molecule has 0 saturated carbocycles. The Kier molecular flexibility index (Phi) is 5.96. The Morgan fingerprint density at radius 2 is 1.91 bits per heavy atom. The Morgan fingerprint density at radius 3 is 2.41 bits per heavy atom. The summed E-state index contributed by atoms with van der Waals surface area (Å²) < 4.78 is 42.8. The van der Waals surface area contributed by atoms with Crippen molar-refractivity contribution in [2.24, 2.45) is 5.92 Å². The Hall–Kier alpha value is -2.05. The first-order valence-electron chi connectivity index (χ1n) is 6.81. The van der Waals surface area contributed by atoms with Crippen molar-refractivity contribution in [3.05, 3.63) is 35.4 Å². The van der Waals surface area contributed by atoms with Crippen molar-refractivity contribution in [3.63, 3.8) is 0 Å². The summed E-state index contributed by atoms with van der Waals surface area (Å²) in [5.41, 5.74) is -1.08. The minimum absolute atomic E-state index is 0.154. The first-order chi connectivity index (χ1) is 10.2. The normalized spacial score (nSPS) is 12.9. The topological polar surface area (TPSA) is 55.4 Å². The van der Waals surface area contributed by atoms with Crippen LogP contribution in [0.25, 0.3) is 0 Å². The molecule has 1 unspecified atom stereocenters. The summed E-state index contributed by atoms with van der Waals surface area (Å²) >= 11 is 0. The molecular weight excluding hydrogens is 299 g/mol. The van der Waals surface area contributed by atoms with E-state index in [1.165, 1.54) is 6.07 Å². The summed E-state index contributed by atoms with van der Waals surface area (Å²) in [4.78, 5) is 23.8. The van der Waals surface area contributed by atoms with E-state index in [4.69, 9.17) is 4.74 Å². The molecule has 1 aromatic carbocycles. The van der Waals surface area contributed by atoms with Crippen LogP contribution in [-0.2, 0) is 15.7 Å². The highest BCUT2D eigenvalue weighted by Crippen LogP contribution is 2.29. The van der Waals surface area contributed by atoms with Crippen LogP contribution in [-0.4, -0.2) is 24.5 Å². The van der Waals surface area contributed by atoms with E-state index < -0.39 is 29.7 Å². The van der Waals surface area contributed by atoms with Crippen molar-refractivity contribution in [1.29, 1.82) is 0 Å². The molecule has 1 aromatic rings. The number of hydrogen-bond acceptors (Lipinski definition) is 3. The lowest BCUT2D eigenvalue weighted by Crippen LogP contribution is -2.45. The molecule has 0 fully saturated rings. The monoisotopic (exact) mass is 317 g/mol. The molecule has 0 saturated heterocycles. The molecule has 4 nitrogen and oxygen atoms in total. The zero-order valence-electron chi connectivity index (χ0n) is 12.5. The zero-order valence-corrected chi connectivity index (χ0v) is 12.5. The quantitative estimate of drug-likeness (QED) is 0.849. The minimum atomic E-state index is -4.53. The molecular formula is C15H18F3NO3. The molecule has 1 N–H and O–H groups in total. The van der Waals surface area contributed by atoms with E-state index in [9.17, 15) is 22.8 Å². The largest absolute Gasteiger partial charge is 0.464 e. The van der Waals surface area contributed by atoms with Crippen LogP contribution in [0.2, 0.25) is 0 Å². The molecule has 0 bridgehead atoms. The Morgan fingerprint density at radius 1 is 1.27 bits per heavy atom. The van der Waals surface area contributed by atoms with Gasteiger partial charge < -0.3 is 10.1 Å². The van der Waals surface area contributed by atoms with Gasteiger partial charge in [0.25, 0.3) is 5.91 Å². The van der Waals surface area contributed by atoms with Crippen LogP contribution in [0.15, 0.2) is 24.3 Å². The maximum Gasteiger partial charge on any atom is 0.416 e. The smallest absolute Gasteiger partial charge is 0.416 e. The van der Waals surface area contributed by atoms with E-state index in [0.717, 1.165) is 18.2 Å². The first-order valence-corrected chi connectivity index (χ1v) is 6.81. The maximum absolute atomic E-state index is 12.6. The number of alkyl halides is 3. The number of ether oxygens (including phenoxy) is 1. The van der Waals surface area contributed by atoms with Gasteiger partial charge in [-0.2, -0.15) is 13.2 Å². The van der Waals surface area contributed by atoms with Crippen molar-refractivity contribution < 1.29 is 27.5 Å². The van der Waals surface area contributed by atoms with Gasteiger partial charge >= 0.3 is 12.1 Å². The predicted molar refractivity (Wildman–Crippen MR) is 74.2 cm³/mol. The lowest BCUT2D eigenvalue weighted by molar-refractivity contribution is -0.146. The second kappa shape index (κ2) is 7.29. The second-order valence-corrected chi connectivity index (χ2v) is 5.03. The van der Waals surface area contributed by atoms with E-state index in [0.29, 0.717) is 0 Å². The van der Waals surface area contributed by atoms with Crippen molar-refractivity contribution in [3.8, 4) is 0 Å². The molecule has 0 spiro atoms. The van der Waals surface area contributed by atoms with E-state index in [1.54, 1.807) is 20.8 Å². The number of halogens is 3. The molecule has 22 heavy (non-hydrogen) atoms. The predicted octanol–water partition coefficient (Wildman–Crippen LogP) is 3.02. The third kappa shape index (κ3) is 4.75. The molecule has 1 atom stereocenters. The molecule has 1 rings (SSSR count). The summed E-state index contributed by atoms with van der Waals surface area (Å²) in [6.45, 7) is 5.19. The van der Waals surface area contributed by atoms with E-state index >= 15 is 0 Å². The summed E-state index contributed by atoms with van der Waals surface area (Å²) in [6, 6.07) is 3.11. The highest BCUT2D eigenvalue weighted by molar-refractivity contribution is 5.97. The van der Waals surface area contributed by atoms with Crippen molar-refractivity contribution in [2.75, 3.05) is 6.61 Å². The van der Waals surface area contributed by atoms with E-state index in [2.05, 4.69) is 5.32 Å². The molecule has 7 heteroatoms. The average molecular weight is 317 g/mol. The van der Waals surface area contributed by atoms with Crippen LogP contribution < -0.4 is 5.32 Å². The Labute approximate surface area is 126 Å². The van der Waals surface area contributed by atoms with Gasteiger partial charge in [0.05, 0.1) is 12.2 Å². The number of carbonyl (C=O) groups excluding carboxylic acids is 2. The van der Waals surface area contributed by atoms with Crippen LogP contribution in [0.4, 0.5) is 13.2 Å². The summed E-state index contributed by atoms with van der Waals surface area (Å²) in [5.74, 6) is -1.62. The lowest BCUT2D eigenvalue weighted by atomic mass is 10.0. The first kappa shape index (κ1) is 18.0. The molecule has 0 aliphatic heterocycles. The number of amides is 1. The van der Waals surface area contributed by atoms with Gasteiger partial charge in [-0.1, -0.05) is 19.9 Å². The summed E-state index contributed by atoms with van der Waals surface area (Å²) in [5, 5.41) is 2.42. The fraction of sp³-hybridized carbons (Fsp3) is 0.467. The molecule has 1 amide bonds. The van der Waals surface area contributed by atoms with Gasteiger partial charge in [-0.3, -0.25) is 4.79 Å². The van der Waals surface area contributed by atoms with Crippen LogP contribution in [0, 0.1) is 5.92 Å². The van der Waals surface area contributed by atoms with Gasteiger partial charge in [0.15, 0.2) is 0 Å². The van der Waals surface area contributed by atoms with Crippen LogP contribution in [0.3, 0.4) is 0 Å². The van der Waals surface area contributed by atoms with Crippen molar-refractivity contribution in [2.45, 2.75) is 33.0 Å². The molecule has 0 aliphatic carbocycles. The third-order valence-corrected chi connectivity index (χ3v) is 2.95. The number of carbonyl (C=O) groups is 2. The van der Waals surface area contributed by atoms with E-state index in [1.807, 2.05) is 0 Å². The lowest BCUT2D eigenvalue weighted by Gasteiger charge is -2.20. The Balaban J connectivity index is 2.93. The van der Waals surface area contributed by atoms with Crippen molar-refractivity contribution in [1.82, 2.24) is 5.32 Å². The van der Waals surface area contributed by atoms with Gasteiger partial charge in [0.2, 0.25) is 0 Å².